The monoisotopic (exact) mass is 399 g/mol. The van der Waals surface area contributed by atoms with Gasteiger partial charge >= 0.3 is 0 Å². The Bertz CT molecular complexity index is 755. The average Bonchev–Trinajstić information content (AvgIpc) is 3.24. The van der Waals surface area contributed by atoms with Crippen molar-refractivity contribution in [3.05, 3.63) is 58.3 Å². The third-order valence-electron chi connectivity index (χ3n) is 5.38. The molecule has 5 nitrogen and oxygen atoms in total. The largest absolute Gasteiger partial charge is 0.352 e. The molecule has 1 aromatic heterocycles. The van der Waals surface area contributed by atoms with Crippen LogP contribution >= 0.6 is 11.3 Å². The molecule has 1 fully saturated rings. The van der Waals surface area contributed by atoms with Crippen molar-refractivity contribution in [2.24, 2.45) is 5.92 Å². The minimum atomic E-state index is -0.585. The van der Waals surface area contributed by atoms with Gasteiger partial charge in [-0.3, -0.25) is 14.5 Å². The van der Waals surface area contributed by atoms with Crippen LogP contribution in [0.1, 0.15) is 48.0 Å². The highest BCUT2D eigenvalue weighted by Gasteiger charge is 2.26. The highest BCUT2D eigenvalue weighted by Crippen LogP contribution is 2.29. The molecular formula is C22H29N3O2S. The van der Waals surface area contributed by atoms with E-state index in [1.54, 1.807) is 30.4 Å². The van der Waals surface area contributed by atoms with Crippen LogP contribution in [0.2, 0.25) is 0 Å². The van der Waals surface area contributed by atoms with E-state index in [0.717, 1.165) is 19.0 Å². The van der Waals surface area contributed by atoms with Gasteiger partial charge in [0.2, 0.25) is 5.91 Å². The third kappa shape index (κ3) is 5.42. The van der Waals surface area contributed by atoms with Gasteiger partial charge in [-0.1, -0.05) is 31.2 Å². The van der Waals surface area contributed by atoms with Crippen molar-refractivity contribution in [3.8, 4) is 0 Å². The van der Waals surface area contributed by atoms with Gasteiger partial charge in [0.25, 0.3) is 5.91 Å². The van der Waals surface area contributed by atoms with E-state index in [2.05, 4.69) is 40.0 Å². The lowest BCUT2D eigenvalue weighted by Crippen LogP contribution is -2.48. The molecule has 0 spiro atoms. The zero-order valence-corrected chi connectivity index (χ0v) is 17.4. The Kier molecular flexibility index (Phi) is 7.23. The molecule has 2 N–H and O–H groups in total. The average molecular weight is 400 g/mol. The number of amides is 2. The predicted octanol–water partition coefficient (Wildman–Crippen LogP) is 3.46. The highest BCUT2D eigenvalue weighted by atomic mass is 32.1. The number of rotatable bonds is 7. The molecule has 0 bridgehead atoms. The smallest absolute Gasteiger partial charge is 0.251 e. The first-order valence-corrected chi connectivity index (χ1v) is 10.8. The van der Waals surface area contributed by atoms with E-state index in [9.17, 15) is 9.59 Å². The zero-order chi connectivity index (χ0) is 19.9. The first-order valence-electron chi connectivity index (χ1n) is 9.95. The number of carbonyl (C=O) groups is 2. The van der Waals surface area contributed by atoms with Crippen LogP contribution in [-0.2, 0) is 4.79 Å². The van der Waals surface area contributed by atoms with Crippen molar-refractivity contribution in [1.82, 2.24) is 15.5 Å². The normalized spacial score (nSPS) is 17.6. The molecule has 2 atom stereocenters. The van der Waals surface area contributed by atoms with Crippen LogP contribution in [0.25, 0.3) is 0 Å². The van der Waals surface area contributed by atoms with E-state index in [-0.39, 0.29) is 17.9 Å². The Balaban J connectivity index is 1.56. The molecule has 150 valence electrons. The van der Waals surface area contributed by atoms with Gasteiger partial charge in [0.1, 0.15) is 6.04 Å². The Morgan fingerprint density at radius 1 is 1.14 bits per heavy atom. The summed E-state index contributed by atoms with van der Waals surface area (Å²) in [7, 11) is 0. The zero-order valence-electron chi connectivity index (χ0n) is 16.6. The van der Waals surface area contributed by atoms with Gasteiger partial charge in [-0.25, -0.2) is 0 Å². The minimum absolute atomic E-state index is 0.156. The first-order chi connectivity index (χ1) is 13.5. The summed E-state index contributed by atoms with van der Waals surface area (Å²) in [5.41, 5.74) is 0.557. The topological polar surface area (TPSA) is 61.4 Å². The predicted molar refractivity (Wildman–Crippen MR) is 113 cm³/mol. The molecule has 2 aromatic rings. The fourth-order valence-corrected chi connectivity index (χ4v) is 4.38. The van der Waals surface area contributed by atoms with E-state index < -0.39 is 6.04 Å². The second-order valence-electron chi connectivity index (χ2n) is 7.56. The molecule has 3 rings (SSSR count). The van der Waals surface area contributed by atoms with E-state index in [1.165, 1.54) is 17.7 Å². The number of piperidine rings is 1. The van der Waals surface area contributed by atoms with E-state index >= 15 is 0 Å². The molecular weight excluding hydrogens is 370 g/mol. The van der Waals surface area contributed by atoms with Gasteiger partial charge in [0, 0.05) is 17.0 Å². The van der Waals surface area contributed by atoms with Crippen LogP contribution in [0.3, 0.4) is 0 Å². The first kappa shape index (κ1) is 20.6. The SMILES string of the molecule is CC1CCN(C(CNC(=O)C(C)NC(=O)c2ccccc2)c2cccs2)CC1. The van der Waals surface area contributed by atoms with Crippen molar-refractivity contribution in [2.75, 3.05) is 19.6 Å². The fraction of sp³-hybridized carbons (Fsp3) is 0.455. The van der Waals surface area contributed by atoms with Crippen molar-refractivity contribution in [1.29, 1.82) is 0 Å². The van der Waals surface area contributed by atoms with Gasteiger partial charge in [-0.2, -0.15) is 0 Å². The van der Waals surface area contributed by atoms with Crippen LogP contribution in [-0.4, -0.2) is 42.4 Å². The summed E-state index contributed by atoms with van der Waals surface area (Å²) in [6.07, 6.45) is 2.39. The molecule has 0 aliphatic carbocycles. The van der Waals surface area contributed by atoms with Crippen LogP contribution < -0.4 is 10.6 Å². The Labute approximate surface area is 171 Å². The summed E-state index contributed by atoms with van der Waals surface area (Å²) in [5.74, 6) is 0.377. The van der Waals surface area contributed by atoms with Crippen molar-refractivity contribution in [2.45, 2.75) is 38.8 Å². The van der Waals surface area contributed by atoms with Crippen LogP contribution in [0, 0.1) is 5.92 Å². The maximum Gasteiger partial charge on any atom is 0.251 e. The highest BCUT2D eigenvalue weighted by molar-refractivity contribution is 7.10. The molecule has 6 heteroatoms. The van der Waals surface area contributed by atoms with E-state index in [4.69, 9.17) is 0 Å². The number of benzene rings is 1. The number of nitrogens with zero attached hydrogens (tertiary/aromatic N) is 1. The van der Waals surface area contributed by atoms with Gasteiger partial charge in [-0.15, -0.1) is 11.3 Å². The quantitative estimate of drug-likeness (QED) is 0.750. The Morgan fingerprint density at radius 3 is 2.50 bits per heavy atom. The number of thiophene rings is 1. The van der Waals surface area contributed by atoms with E-state index in [1.807, 2.05) is 18.2 Å². The van der Waals surface area contributed by atoms with Gasteiger partial charge in [0.05, 0.1) is 6.04 Å². The third-order valence-corrected chi connectivity index (χ3v) is 6.35. The van der Waals surface area contributed by atoms with Crippen molar-refractivity contribution >= 4 is 23.2 Å². The summed E-state index contributed by atoms with van der Waals surface area (Å²) in [4.78, 5) is 28.6. The second-order valence-corrected chi connectivity index (χ2v) is 8.54. The number of hydrogen-bond acceptors (Lipinski definition) is 4. The number of nitrogens with one attached hydrogen (secondary N) is 2. The summed E-state index contributed by atoms with van der Waals surface area (Å²) in [6, 6.07) is 12.8. The standard InChI is InChI=1S/C22H29N3O2S/c1-16-10-12-25(13-11-16)19(20-9-6-14-28-20)15-23-21(26)17(2)24-22(27)18-7-4-3-5-8-18/h3-9,14,16-17,19H,10-13,15H2,1-2H3,(H,23,26)(H,24,27). The molecule has 1 saturated heterocycles. The number of hydrogen-bond donors (Lipinski definition) is 2. The lowest BCUT2D eigenvalue weighted by atomic mass is 9.97. The lowest BCUT2D eigenvalue weighted by Gasteiger charge is -2.36. The molecule has 2 heterocycles. The number of carbonyl (C=O) groups excluding carboxylic acids is 2. The van der Waals surface area contributed by atoms with Gasteiger partial charge < -0.3 is 10.6 Å². The van der Waals surface area contributed by atoms with Crippen molar-refractivity contribution in [3.63, 3.8) is 0 Å². The van der Waals surface area contributed by atoms with Crippen LogP contribution in [0.4, 0.5) is 0 Å². The van der Waals surface area contributed by atoms with Crippen LogP contribution in [0.15, 0.2) is 47.8 Å². The van der Waals surface area contributed by atoms with E-state index in [0.29, 0.717) is 12.1 Å². The molecule has 28 heavy (non-hydrogen) atoms. The summed E-state index contributed by atoms with van der Waals surface area (Å²) in [5, 5.41) is 7.91. The molecule has 2 amide bonds. The van der Waals surface area contributed by atoms with Crippen LogP contribution in [0.5, 0.6) is 0 Å². The van der Waals surface area contributed by atoms with Crippen molar-refractivity contribution < 1.29 is 9.59 Å². The second kappa shape index (κ2) is 9.85. The molecule has 1 aliphatic heterocycles. The minimum Gasteiger partial charge on any atom is -0.352 e. The summed E-state index contributed by atoms with van der Waals surface area (Å²) in [6.45, 7) is 6.69. The molecule has 1 aromatic carbocycles. The Hall–Kier alpha value is -2.18. The summed E-state index contributed by atoms with van der Waals surface area (Å²) < 4.78 is 0. The molecule has 0 radical (unpaired) electrons. The lowest BCUT2D eigenvalue weighted by molar-refractivity contribution is -0.122. The summed E-state index contributed by atoms with van der Waals surface area (Å²) >= 11 is 1.73. The molecule has 2 unspecified atom stereocenters. The maximum absolute atomic E-state index is 12.6. The Morgan fingerprint density at radius 2 is 1.86 bits per heavy atom. The molecule has 0 saturated carbocycles. The number of likely N-dealkylation sites (tertiary alicyclic amines) is 1. The van der Waals surface area contributed by atoms with Gasteiger partial charge in [-0.05, 0) is 62.4 Å². The fourth-order valence-electron chi connectivity index (χ4n) is 3.52. The van der Waals surface area contributed by atoms with Gasteiger partial charge in [0.15, 0.2) is 0 Å². The maximum atomic E-state index is 12.6. The molecule has 1 aliphatic rings.